The molecule has 0 aliphatic heterocycles. The van der Waals surface area contributed by atoms with E-state index >= 15 is 0 Å². The van der Waals surface area contributed by atoms with Crippen LogP contribution in [-0.4, -0.2) is 13.3 Å². The van der Waals surface area contributed by atoms with Crippen molar-refractivity contribution in [1.29, 1.82) is 0 Å². The lowest BCUT2D eigenvalue weighted by molar-refractivity contribution is 0.415. The number of hydrogen-bond donors (Lipinski definition) is 1. The number of benzene rings is 1. The van der Waals surface area contributed by atoms with E-state index < -0.39 is 0 Å². The molecule has 1 aromatic rings. The van der Waals surface area contributed by atoms with Crippen LogP contribution < -0.4 is 10.2 Å². The first-order chi connectivity index (χ1) is 5.86. The molecule has 1 aromatic carbocycles. The maximum absolute atomic E-state index is 5.04. The van der Waals surface area contributed by atoms with E-state index in [1.807, 2.05) is 31.2 Å². The van der Waals surface area contributed by atoms with E-state index in [-0.39, 0.29) is 0 Å². The molecule has 1 N–H and O–H groups in total. The van der Waals surface area contributed by atoms with Crippen molar-refractivity contribution >= 4 is 11.9 Å². The summed E-state index contributed by atoms with van der Waals surface area (Å²) in [5, 5.41) is 3.89. The number of rotatable bonds is 3. The van der Waals surface area contributed by atoms with E-state index in [1.165, 1.54) is 0 Å². The van der Waals surface area contributed by atoms with Crippen LogP contribution in [0.5, 0.6) is 5.75 Å². The van der Waals surface area contributed by atoms with Crippen molar-refractivity contribution in [3.8, 4) is 5.75 Å². The van der Waals surface area contributed by atoms with Gasteiger partial charge in [0.25, 0.3) is 0 Å². The van der Waals surface area contributed by atoms with Gasteiger partial charge in [-0.05, 0) is 19.1 Å². The Hall–Kier alpha value is -1.51. The van der Waals surface area contributed by atoms with Gasteiger partial charge >= 0.3 is 0 Å². The molecule has 3 heteroatoms. The second-order valence-electron chi connectivity index (χ2n) is 2.23. The molecule has 0 saturated carbocycles. The number of ether oxygens (including phenoxy) is 1. The van der Waals surface area contributed by atoms with Crippen LogP contribution in [0.2, 0.25) is 0 Å². The van der Waals surface area contributed by atoms with E-state index in [0.717, 1.165) is 11.4 Å². The van der Waals surface area contributed by atoms with Gasteiger partial charge < -0.3 is 4.74 Å². The van der Waals surface area contributed by atoms with Gasteiger partial charge in [0.05, 0.1) is 12.8 Å². The Bertz CT molecular complexity index is 271. The van der Waals surface area contributed by atoms with Crippen LogP contribution in [0.25, 0.3) is 0 Å². The highest BCUT2D eigenvalue weighted by Crippen LogP contribution is 2.16. The van der Waals surface area contributed by atoms with Crippen molar-refractivity contribution < 1.29 is 4.74 Å². The Kier molecular flexibility index (Phi) is 3.14. The summed E-state index contributed by atoms with van der Waals surface area (Å²) in [5.74, 6) is 0.825. The molecule has 0 aromatic heterocycles. The van der Waals surface area contributed by atoms with E-state index in [1.54, 1.807) is 13.3 Å². The smallest absolute Gasteiger partial charge is 0.120 e. The van der Waals surface area contributed by atoms with Gasteiger partial charge in [0.2, 0.25) is 0 Å². The van der Waals surface area contributed by atoms with Gasteiger partial charge in [-0.1, -0.05) is 6.07 Å². The molecule has 1 rings (SSSR count). The number of anilines is 1. The monoisotopic (exact) mass is 164 g/mol. The molecule has 0 aliphatic carbocycles. The topological polar surface area (TPSA) is 33.6 Å². The zero-order chi connectivity index (χ0) is 8.81. The van der Waals surface area contributed by atoms with Gasteiger partial charge in [-0.25, -0.2) is 0 Å². The second kappa shape index (κ2) is 4.38. The van der Waals surface area contributed by atoms with E-state index in [9.17, 15) is 0 Å². The molecule has 0 radical (unpaired) electrons. The van der Waals surface area contributed by atoms with Crippen LogP contribution in [0.15, 0.2) is 29.4 Å². The molecule has 0 bridgehead atoms. The number of hydrazone groups is 1. The minimum Gasteiger partial charge on any atom is -0.497 e. The van der Waals surface area contributed by atoms with Crippen molar-refractivity contribution in [3.05, 3.63) is 24.3 Å². The zero-order valence-corrected chi connectivity index (χ0v) is 7.24. The molecule has 0 saturated heterocycles. The van der Waals surface area contributed by atoms with Crippen molar-refractivity contribution in [2.24, 2.45) is 5.10 Å². The van der Waals surface area contributed by atoms with Crippen LogP contribution >= 0.6 is 0 Å². The maximum Gasteiger partial charge on any atom is 0.120 e. The van der Waals surface area contributed by atoms with Crippen LogP contribution in [0.4, 0.5) is 5.69 Å². The van der Waals surface area contributed by atoms with Gasteiger partial charge in [-0.2, -0.15) is 5.10 Å². The summed E-state index contributed by atoms with van der Waals surface area (Å²) in [6.07, 6.45) is 1.69. The first-order valence-electron chi connectivity index (χ1n) is 3.74. The minimum atomic E-state index is 0.825. The van der Waals surface area contributed by atoms with Crippen LogP contribution in [-0.2, 0) is 0 Å². The lowest BCUT2D eigenvalue weighted by atomic mass is 10.3. The first kappa shape index (κ1) is 8.59. The first-order valence-corrected chi connectivity index (χ1v) is 3.74. The highest BCUT2D eigenvalue weighted by atomic mass is 16.5. The fourth-order valence-corrected chi connectivity index (χ4v) is 0.832. The number of methoxy groups -OCH3 is 1. The molecule has 0 heterocycles. The van der Waals surface area contributed by atoms with E-state index in [0.29, 0.717) is 0 Å². The molecule has 12 heavy (non-hydrogen) atoms. The zero-order valence-electron chi connectivity index (χ0n) is 7.24. The molecular weight excluding hydrogens is 152 g/mol. The number of hydrogen-bond acceptors (Lipinski definition) is 3. The highest BCUT2D eigenvalue weighted by Gasteiger charge is 1.91. The summed E-state index contributed by atoms with van der Waals surface area (Å²) in [7, 11) is 1.64. The molecule has 64 valence electrons. The van der Waals surface area contributed by atoms with Crippen LogP contribution in [0.1, 0.15) is 6.92 Å². The lowest BCUT2D eigenvalue weighted by Gasteiger charge is -2.02. The third-order valence-corrected chi connectivity index (χ3v) is 1.39. The summed E-state index contributed by atoms with van der Waals surface area (Å²) in [4.78, 5) is 0. The summed E-state index contributed by atoms with van der Waals surface area (Å²) in [6.45, 7) is 1.85. The highest BCUT2D eigenvalue weighted by molar-refractivity contribution is 5.57. The van der Waals surface area contributed by atoms with Gasteiger partial charge in [0.1, 0.15) is 5.75 Å². The maximum atomic E-state index is 5.04. The Morgan fingerprint density at radius 2 is 2.33 bits per heavy atom. The van der Waals surface area contributed by atoms with Crippen molar-refractivity contribution in [3.63, 3.8) is 0 Å². The van der Waals surface area contributed by atoms with E-state index in [4.69, 9.17) is 4.74 Å². The summed E-state index contributed by atoms with van der Waals surface area (Å²) < 4.78 is 5.04. The van der Waals surface area contributed by atoms with Crippen LogP contribution in [0.3, 0.4) is 0 Å². The predicted octanol–water partition coefficient (Wildman–Crippen LogP) is 2.11. The van der Waals surface area contributed by atoms with Gasteiger partial charge in [-0.3, -0.25) is 5.43 Å². The Morgan fingerprint density at radius 1 is 1.50 bits per heavy atom. The van der Waals surface area contributed by atoms with E-state index in [2.05, 4.69) is 10.5 Å². The molecular formula is C9H12N2O. The van der Waals surface area contributed by atoms with Crippen LogP contribution in [0, 0.1) is 0 Å². The predicted molar refractivity (Wildman–Crippen MR) is 50.8 cm³/mol. The Morgan fingerprint density at radius 3 is 3.00 bits per heavy atom. The van der Waals surface area contributed by atoms with Crippen molar-refractivity contribution in [2.45, 2.75) is 6.92 Å². The SMILES string of the molecule is CC=NNc1cccc(OC)c1. The molecule has 0 unspecified atom stereocenters. The second-order valence-corrected chi connectivity index (χ2v) is 2.23. The third-order valence-electron chi connectivity index (χ3n) is 1.39. The Balaban J connectivity index is 2.72. The summed E-state index contributed by atoms with van der Waals surface area (Å²) in [5.41, 5.74) is 3.78. The van der Waals surface area contributed by atoms with Gasteiger partial charge in [-0.15, -0.1) is 0 Å². The molecule has 3 nitrogen and oxygen atoms in total. The standard InChI is InChI=1S/C9H12N2O/c1-3-10-11-8-5-4-6-9(7-8)12-2/h3-7,11H,1-2H3. The third kappa shape index (κ3) is 2.27. The molecule has 0 spiro atoms. The fraction of sp³-hybridized carbons (Fsp3) is 0.222. The summed E-state index contributed by atoms with van der Waals surface area (Å²) in [6, 6.07) is 7.61. The average Bonchev–Trinajstić information content (AvgIpc) is 2.15. The summed E-state index contributed by atoms with van der Waals surface area (Å²) >= 11 is 0. The quantitative estimate of drug-likeness (QED) is 0.548. The average molecular weight is 164 g/mol. The number of nitrogens with zero attached hydrogens (tertiary/aromatic N) is 1. The molecule has 0 aliphatic rings. The number of nitrogens with one attached hydrogen (secondary N) is 1. The fourth-order valence-electron chi connectivity index (χ4n) is 0.832. The Labute approximate surface area is 72.1 Å². The molecule has 0 fully saturated rings. The van der Waals surface area contributed by atoms with Gasteiger partial charge in [0, 0.05) is 12.3 Å². The molecule has 0 amide bonds. The van der Waals surface area contributed by atoms with Crippen molar-refractivity contribution in [2.75, 3.05) is 12.5 Å². The minimum absolute atomic E-state index is 0.825. The van der Waals surface area contributed by atoms with Gasteiger partial charge in [0.15, 0.2) is 0 Å². The largest absolute Gasteiger partial charge is 0.497 e. The van der Waals surface area contributed by atoms with Crippen molar-refractivity contribution in [1.82, 2.24) is 0 Å². The lowest BCUT2D eigenvalue weighted by Crippen LogP contribution is -1.89. The molecule has 0 atom stereocenters. The normalized spacial score (nSPS) is 10.2.